The lowest BCUT2D eigenvalue weighted by Gasteiger charge is -2.09. The molecule has 0 bridgehead atoms. The third kappa shape index (κ3) is 3.31. The lowest BCUT2D eigenvalue weighted by atomic mass is 10.3. The van der Waals surface area contributed by atoms with Gasteiger partial charge in [0.25, 0.3) is 0 Å². The number of nitrogens with zero attached hydrogens (tertiary/aromatic N) is 2. The van der Waals surface area contributed by atoms with Crippen LogP contribution in [0.15, 0.2) is 11.4 Å². The maximum Gasteiger partial charge on any atom is 0.239 e. The second-order valence-electron chi connectivity index (χ2n) is 3.87. The van der Waals surface area contributed by atoms with Gasteiger partial charge in [0.1, 0.15) is 10.6 Å². The number of likely N-dealkylation sites (N-methyl/N-ethyl adjacent to an activating group) is 1. The molecule has 1 amide bonds. The molecule has 0 unspecified atom stereocenters. The van der Waals surface area contributed by atoms with Gasteiger partial charge in [-0.2, -0.15) is 4.98 Å². The third-order valence-corrected chi connectivity index (χ3v) is 3.26. The molecular weight excluding hydrogens is 262 g/mol. The molecule has 7 heteroatoms. The zero-order valence-corrected chi connectivity index (χ0v) is 11.8. The standard InChI is InChI=1S/C12H17N5OS/c1-3-13-9(18)7-15-10-8-5-6-19-11(8)17-12(16-10)14-4-2/h5-6H,3-4,7H2,1-2H3,(H,13,18)(H2,14,15,16,17). The predicted molar refractivity (Wildman–Crippen MR) is 78.8 cm³/mol. The summed E-state index contributed by atoms with van der Waals surface area (Å²) in [5.74, 6) is 1.22. The van der Waals surface area contributed by atoms with E-state index in [9.17, 15) is 4.79 Å². The van der Waals surface area contributed by atoms with Crippen molar-refractivity contribution in [2.75, 3.05) is 30.3 Å². The molecule has 19 heavy (non-hydrogen) atoms. The molecule has 0 aliphatic rings. The van der Waals surface area contributed by atoms with Crippen LogP contribution in [0.5, 0.6) is 0 Å². The van der Waals surface area contributed by atoms with Crippen LogP contribution in [-0.4, -0.2) is 35.5 Å². The van der Waals surface area contributed by atoms with Gasteiger partial charge >= 0.3 is 0 Å². The summed E-state index contributed by atoms with van der Waals surface area (Å²) in [5, 5.41) is 11.8. The van der Waals surface area contributed by atoms with Crippen molar-refractivity contribution >= 4 is 39.2 Å². The van der Waals surface area contributed by atoms with Crippen LogP contribution in [0.3, 0.4) is 0 Å². The number of amides is 1. The molecule has 0 fully saturated rings. The van der Waals surface area contributed by atoms with Gasteiger partial charge in [-0.05, 0) is 25.3 Å². The Morgan fingerprint density at radius 1 is 1.26 bits per heavy atom. The normalized spacial score (nSPS) is 10.4. The van der Waals surface area contributed by atoms with Crippen LogP contribution < -0.4 is 16.0 Å². The monoisotopic (exact) mass is 279 g/mol. The summed E-state index contributed by atoms with van der Waals surface area (Å²) in [6, 6.07) is 1.95. The first kappa shape index (κ1) is 13.5. The molecule has 0 aliphatic carbocycles. The van der Waals surface area contributed by atoms with Crippen molar-refractivity contribution in [1.29, 1.82) is 0 Å². The number of nitrogens with one attached hydrogen (secondary N) is 3. The van der Waals surface area contributed by atoms with Gasteiger partial charge in [-0.15, -0.1) is 11.3 Å². The molecule has 2 rings (SSSR count). The molecule has 6 nitrogen and oxygen atoms in total. The average Bonchev–Trinajstić information content (AvgIpc) is 2.85. The number of carbonyl (C=O) groups is 1. The number of anilines is 2. The fraction of sp³-hybridized carbons (Fsp3) is 0.417. The van der Waals surface area contributed by atoms with E-state index in [0.717, 1.165) is 16.8 Å². The smallest absolute Gasteiger partial charge is 0.239 e. The van der Waals surface area contributed by atoms with Gasteiger partial charge in [-0.1, -0.05) is 0 Å². The van der Waals surface area contributed by atoms with Gasteiger partial charge in [0.15, 0.2) is 0 Å². The first-order valence-electron chi connectivity index (χ1n) is 6.24. The van der Waals surface area contributed by atoms with E-state index >= 15 is 0 Å². The molecular formula is C12H17N5OS. The summed E-state index contributed by atoms with van der Waals surface area (Å²) in [5.41, 5.74) is 0. The minimum Gasteiger partial charge on any atom is -0.360 e. The lowest BCUT2D eigenvalue weighted by Crippen LogP contribution is -2.29. The summed E-state index contributed by atoms with van der Waals surface area (Å²) in [4.78, 5) is 21.2. The fourth-order valence-electron chi connectivity index (χ4n) is 1.65. The first-order valence-corrected chi connectivity index (χ1v) is 7.12. The topological polar surface area (TPSA) is 78.9 Å². The number of hydrogen-bond acceptors (Lipinski definition) is 6. The molecule has 102 valence electrons. The summed E-state index contributed by atoms with van der Waals surface area (Å²) in [6.45, 7) is 5.47. The van der Waals surface area contributed by atoms with Gasteiger partial charge in [-0.3, -0.25) is 4.79 Å². The summed E-state index contributed by atoms with van der Waals surface area (Å²) in [6.07, 6.45) is 0. The van der Waals surface area contributed by atoms with E-state index in [4.69, 9.17) is 0 Å². The highest BCUT2D eigenvalue weighted by Gasteiger charge is 2.09. The Morgan fingerprint density at radius 2 is 2.11 bits per heavy atom. The molecule has 0 radical (unpaired) electrons. The fourth-order valence-corrected chi connectivity index (χ4v) is 2.41. The summed E-state index contributed by atoms with van der Waals surface area (Å²) in [7, 11) is 0. The Labute approximate surface area is 115 Å². The average molecular weight is 279 g/mol. The van der Waals surface area contributed by atoms with Crippen molar-refractivity contribution in [2.24, 2.45) is 0 Å². The van der Waals surface area contributed by atoms with Crippen molar-refractivity contribution in [3.63, 3.8) is 0 Å². The number of fused-ring (bicyclic) bond motifs is 1. The Kier molecular flexibility index (Phi) is 4.51. The van der Waals surface area contributed by atoms with Crippen LogP contribution in [0.2, 0.25) is 0 Å². The van der Waals surface area contributed by atoms with Crippen molar-refractivity contribution in [3.05, 3.63) is 11.4 Å². The van der Waals surface area contributed by atoms with E-state index in [0.29, 0.717) is 18.3 Å². The molecule has 2 aromatic rings. The molecule has 0 atom stereocenters. The first-order chi connectivity index (χ1) is 9.24. The molecule has 0 aliphatic heterocycles. The maximum absolute atomic E-state index is 11.5. The van der Waals surface area contributed by atoms with E-state index in [1.807, 2.05) is 25.3 Å². The summed E-state index contributed by atoms with van der Waals surface area (Å²) < 4.78 is 0. The van der Waals surface area contributed by atoms with Gasteiger partial charge in [0.05, 0.1) is 11.9 Å². The lowest BCUT2D eigenvalue weighted by molar-refractivity contribution is -0.119. The van der Waals surface area contributed by atoms with E-state index < -0.39 is 0 Å². The Bertz CT molecular complexity index is 568. The molecule has 3 N–H and O–H groups in total. The number of aromatic nitrogens is 2. The van der Waals surface area contributed by atoms with E-state index in [2.05, 4.69) is 25.9 Å². The number of rotatable bonds is 6. The van der Waals surface area contributed by atoms with Crippen LogP contribution in [0, 0.1) is 0 Å². The van der Waals surface area contributed by atoms with E-state index in [1.54, 1.807) is 11.3 Å². The van der Waals surface area contributed by atoms with Gasteiger partial charge in [0, 0.05) is 13.1 Å². The van der Waals surface area contributed by atoms with Gasteiger partial charge in [-0.25, -0.2) is 4.98 Å². The van der Waals surface area contributed by atoms with Crippen molar-refractivity contribution in [3.8, 4) is 0 Å². The Hall–Kier alpha value is -1.89. The second kappa shape index (κ2) is 6.33. The highest BCUT2D eigenvalue weighted by molar-refractivity contribution is 7.16. The second-order valence-corrected chi connectivity index (χ2v) is 4.77. The van der Waals surface area contributed by atoms with E-state index in [1.165, 1.54) is 0 Å². The molecule has 2 aromatic heterocycles. The number of carbonyl (C=O) groups excluding carboxylic acids is 1. The van der Waals surface area contributed by atoms with Gasteiger partial charge in [0.2, 0.25) is 11.9 Å². The minimum absolute atomic E-state index is 0.0468. The molecule has 0 aromatic carbocycles. The quantitative estimate of drug-likeness (QED) is 0.749. The molecule has 0 saturated carbocycles. The van der Waals surface area contributed by atoms with Crippen LogP contribution in [0.4, 0.5) is 11.8 Å². The van der Waals surface area contributed by atoms with Crippen LogP contribution in [0.25, 0.3) is 10.2 Å². The SMILES string of the molecule is CCNC(=O)CNc1nc(NCC)nc2sccc12. The number of hydrogen-bond donors (Lipinski definition) is 3. The zero-order chi connectivity index (χ0) is 13.7. The van der Waals surface area contributed by atoms with Gasteiger partial charge < -0.3 is 16.0 Å². The van der Waals surface area contributed by atoms with Crippen LogP contribution in [-0.2, 0) is 4.79 Å². The van der Waals surface area contributed by atoms with Crippen molar-refractivity contribution < 1.29 is 4.79 Å². The molecule has 0 spiro atoms. The number of thiophene rings is 1. The summed E-state index contributed by atoms with van der Waals surface area (Å²) >= 11 is 1.55. The van der Waals surface area contributed by atoms with Crippen molar-refractivity contribution in [2.45, 2.75) is 13.8 Å². The third-order valence-electron chi connectivity index (χ3n) is 2.45. The zero-order valence-electron chi connectivity index (χ0n) is 11.0. The van der Waals surface area contributed by atoms with E-state index in [-0.39, 0.29) is 12.5 Å². The Balaban J connectivity index is 2.19. The molecule has 2 heterocycles. The largest absolute Gasteiger partial charge is 0.360 e. The van der Waals surface area contributed by atoms with Crippen molar-refractivity contribution in [1.82, 2.24) is 15.3 Å². The highest BCUT2D eigenvalue weighted by Crippen LogP contribution is 2.26. The Morgan fingerprint density at radius 3 is 2.84 bits per heavy atom. The van der Waals surface area contributed by atoms with Crippen LogP contribution >= 0.6 is 11.3 Å². The predicted octanol–water partition coefficient (Wildman–Crippen LogP) is 1.67. The maximum atomic E-state index is 11.5. The minimum atomic E-state index is -0.0468. The van der Waals surface area contributed by atoms with Crippen LogP contribution in [0.1, 0.15) is 13.8 Å². The molecule has 0 saturated heterocycles. The highest BCUT2D eigenvalue weighted by atomic mass is 32.1.